The summed E-state index contributed by atoms with van der Waals surface area (Å²) >= 11 is 0. The summed E-state index contributed by atoms with van der Waals surface area (Å²) in [4.78, 5) is 29.6. The molecule has 3 aromatic carbocycles. The highest BCUT2D eigenvalue weighted by atomic mass is 16.5. The highest BCUT2D eigenvalue weighted by Crippen LogP contribution is 2.38. The summed E-state index contributed by atoms with van der Waals surface area (Å²) in [6.45, 7) is 2.86. The lowest BCUT2D eigenvalue weighted by molar-refractivity contribution is -0.110. The number of carbonyl (C=O) groups is 2. The summed E-state index contributed by atoms with van der Waals surface area (Å²) in [6, 6.07) is 23.2. The predicted octanol–water partition coefficient (Wildman–Crippen LogP) is 4.40. The highest BCUT2D eigenvalue weighted by molar-refractivity contribution is 6.37. The van der Waals surface area contributed by atoms with Gasteiger partial charge in [-0.25, -0.2) is 4.79 Å². The van der Waals surface area contributed by atoms with Crippen LogP contribution in [0.3, 0.4) is 0 Å². The van der Waals surface area contributed by atoms with Crippen LogP contribution in [-0.2, 0) is 16.1 Å². The van der Waals surface area contributed by atoms with Crippen molar-refractivity contribution >= 4 is 34.5 Å². The Bertz CT molecular complexity index is 1270. The molecule has 1 amide bonds. The van der Waals surface area contributed by atoms with E-state index in [9.17, 15) is 9.59 Å². The minimum absolute atomic E-state index is 0.225. The first-order chi connectivity index (χ1) is 17.4. The molecular formula is C29H32N4O3. The molecule has 0 aromatic heterocycles. The fraction of sp³-hybridized carbons (Fsp3) is 0.241. The van der Waals surface area contributed by atoms with Crippen LogP contribution in [0.15, 0.2) is 72.8 Å². The molecule has 36 heavy (non-hydrogen) atoms. The van der Waals surface area contributed by atoms with E-state index >= 15 is 0 Å². The Morgan fingerprint density at radius 1 is 0.917 bits per heavy atom. The number of nitrogens with zero attached hydrogens (tertiary/aromatic N) is 2. The predicted molar refractivity (Wildman–Crippen MR) is 145 cm³/mol. The normalized spacial score (nSPS) is 14.0. The maximum atomic E-state index is 13.1. The molecule has 1 aliphatic rings. The molecule has 186 valence electrons. The van der Waals surface area contributed by atoms with Crippen LogP contribution in [-0.4, -0.2) is 63.0 Å². The van der Waals surface area contributed by atoms with E-state index in [4.69, 9.17) is 4.74 Å². The van der Waals surface area contributed by atoms with Gasteiger partial charge in [-0.15, -0.1) is 0 Å². The third-order valence-corrected chi connectivity index (χ3v) is 6.10. The molecule has 0 bridgehead atoms. The van der Waals surface area contributed by atoms with Gasteiger partial charge in [-0.3, -0.25) is 4.79 Å². The molecule has 2 N–H and O–H groups in total. The van der Waals surface area contributed by atoms with Gasteiger partial charge in [-0.05, 0) is 56.5 Å². The SMILES string of the molecule is COC(=O)c1ccc2c(c1)NC(=O)/C2=C(\Nc1ccc(CN(C)CCN(C)C)cc1)c1ccccc1. The molecule has 4 rings (SSSR count). The van der Waals surface area contributed by atoms with Gasteiger partial charge in [0, 0.05) is 30.9 Å². The van der Waals surface area contributed by atoms with Crippen LogP contribution in [0.25, 0.3) is 11.3 Å². The molecule has 0 aliphatic carbocycles. The second-order valence-electron chi connectivity index (χ2n) is 9.19. The van der Waals surface area contributed by atoms with Crippen LogP contribution >= 0.6 is 0 Å². The van der Waals surface area contributed by atoms with Crippen molar-refractivity contribution in [3.63, 3.8) is 0 Å². The first kappa shape index (κ1) is 25.2. The number of benzene rings is 3. The number of likely N-dealkylation sites (N-methyl/N-ethyl adjacent to an activating group) is 2. The van der Waals surface area contributed by atoms with Gasteiger partial charge in [-0.2, -0.15) is 0 Å². The average Bonchev–Trinajstić information content (AvgIpc) is 3.21. The molecule has 0 spiro atoms. The van der Waals surface area contributed by atoms with E-state index in [1.807, 2.05) is 42.5 Å². The quantitative estimate of drug-likeness (QED) is 0.347. The summed E-state index contributed by atoms with van der Waals surface area (Å²) < 4.78 is 4.82. The van der Waals surface area contributed by atoms with E-state index in [0.29, 0.717) is 22.5 Å². The molecule has 0 fully saturated rings. The number of hydrogen-bond donors (Lipinski definition) is 2. The number of amides is 1. The monoisotopic (exact) mass is 484 g/mol. The molecule has 0 unspecified atom stereocenters. The second-order valence-corrected chi connectivity index (χ2v) is 9.19. The summed E-state index contributed by atoms with van der Waals surface area (Å²) in [6.07, 6.45) is 0. The van der Waals surface area contributed by atoms with E-state index in [1.54, 1.807) is 18.2 Å². The van der Waals surface area contributed by atoms with Crippen molar-refractivity contribution in [1.82, 2.24) is 9.80 Å². The van der Waals surface area contributed by atoms with Gasteiger partial charge < -0.3 is 25.2 Å². The topological polar surface area (TPSA) is 73.9 Å². The number of fused-ring (bicyclic) bond motifs is 1. The van der Waals surface area contributed by atoms with Crippen molar-refractivity contribution in [2.45, 2.75) is 6.54 Å². The molecule has 0 saturated heterocycles. The third-order valence-electron chi connectivity index (χ3n) is 6.10. The highest BCUT2D eigenvalue weighted by Gasteiger charge is 2.29. The summed E-state index contributed by atoms with van der Waals surface area (Å²) in [7, 11) is 7.61. The number of carbonyl (C=O) groups excluding carboxylic acids is 2. The minimum atomic E-state index is -0.446. The number of rotatable bonds is 9. The summed E-state index contributed by atoms with van der Waals surface area (Å²) in [5.74, 6) is -0.671. The molecule has 0 saturated carbocycles. The molecule has 7 nitrogen and oxygen atoms in total. The molecule has 3 aromatic rings. The lowest BCUT2D eigenvalue weighted by atomic mass is 9.99. The largest absolute Gasteiger partial charge is 0.465 e. The average molecular weight is 485 g/mol. The standard InChI is InChI=1S/C29H32N4O3/c1-32(2)16-17-33(3)19-20-10-13-23(14-11-20)30-27(21-8-6-5-7-9-21)26-24-15-12-22(29(35)36-4)18-25(24)31-28(26)34/h5-15,18,30H,16-17,19H2,1-4H3,(H,31,34)/b27-26-. The Labute approximate surface area is 212 Å². The van der Waals surface area contributed by atoms with Gasteiger partial charge in [0.05, 0.1) is 29.6 Å². The number of nitrogens with one attached hydrogen (secondary N) is 2. The lowest BCUT2D eigenvalue weighted by Crippen LogP contribution is -2.28. The van der Waals surface area contributed by atoms with Gasteiger partial charge in [0.25, 0.3) is 5.91 Å². The lowest BCUT2D eigenvalue weighted by Gasteiger charge is -2.20. The zero-order valence-electron chi connectivity index (χ0n) is 21.2. The Morgan fingerprint density at radius 3 is 2.31 bits per heavy atom. The fourth-order valence-corrected chi connectivity index (χ4v) is 4.15. The van der Waals surface area contributed by atoms with Crippen LogP contribution < -0.4 is 10.6 Å². The molecule has 1 aliphatic heterocycles. The number of methoxy groups -OCH3 is 1. The van der Waals surface area contributed by atoms with Gasteiger partial charge in [0.2, 0.25) is 0 Å². The molecule has 0 radical (unpaired) electrons. The summed E-state index contributed by atoms with van der Waals surface area (Å²) in [5, 5.41) is 6.38. The van der Waals surface area contributed by atoms with Crippen LogP contribution in [0, 0.1) is 0 Å². The summed E-state index contributed by atoms with van der Waals surface area (Å²) in [5.41, 5.74) is 5.93. The zero-order valence-corrected chi connectivity index (χ0v) is 21.2. The van der Waals surface area contributed by atoms with Crippen LogP contribution in [0.5, 0.6) is 0 Å². The van der Waals surface area contributed by atoms with E-state index in [1.165, 1.54) is 12.7 Å². The van der Waals surface area contributed by atoms with E-state index in [0.717, 1.165) is 36.4 Å². The second kappa shape index (κ2) is 11.2. The minimum Gasteiger partial charge on any atom is -0.465 e. The van der Waals surface area contributed by atoms with Crippen molar-refractivity contribution in [2.75, 3.05) is 52.0 Å². The Kier molecular flexibility index (Phi) is 7.83. The van der Waals surface area contributed by atoms with Crippen molar-refractivity contribution in [3.05, 3.63) is 95.1 Å². The number of esters is 1. The molecule has 7 heteroatoms. The van der Waals surface area contributed by atoms with Crippen LogP contribution in [0.2, 0.25) is 0 Å². The first-order valence-corrected chi connectivity index (χ1v) is 11.9. The van der Waals surface area contributed by atoms with Crippen LogP contribution in [0.4, 0.5) is 11.4 Å². The van der Waals surface area contributed by atoms with Crippen molar-refractivity contribution in [1.29, 1.82) is 0 Å². The van der Waals surface area contributed by atoms with E-state index < -0.39 is 5.97 Å². The first-order valence-electron chi connectivity index (χ1n) is 11.9. The van der Waals surface area contributed by atoms with Gasteiger partial charge >= 0.3 is 5.97 Å². The molecular weight excluding hydrogens is 452 g/mol. The zero-order chi connectivity index (χ0) is 25.7. The number of anilines is 2. The fourth-order valence-electron chi connectivity index (χ4n) is 4.15. The number of ether oxygens (including phenoxy) is 1. The van der Waals surface area contributed by atoms with Gasteiger partial charge in [0.1, 0.15) is 0 Å². The van der Waals surface area contributed by atoms with Crippen molar-refractivity contribution in [3.8, 4) is 0 Å². The van der Waals surface area contributed by atoms with E-state index in [-0.39, 0.29) is 5.91 Å². The maximum absolute atomic E-state index is 13.1. The third kappa shape index (κ3) is 5.82. The van der Waals surface area contributed by atoms with Gasteiger partial charge in [0.15, 0.2) is 0 Å². The Balaban J connectivity index is 1.64. The Hall–Kier alpha value is -3.94. The van der Waals surface area contributed by atoms with Crippen molar-refractivity contribution in [2.24, 2.45) is 0 Å². The smallest absolute Gasteiger partial charge is 0.337 e. The van der Waals surface area contributed by atoms with Gasteiger partial charge in [-0.1, -0.05) is 48.5 Å². The number of hydrogen-bond acceptors (Lipinski definition) is 6. The molecule has 0 atom stereocenters. The maximum Gasteiger partial charge on any atom is 0.337 e. The Morgan fingerprint density at radius 2 is 1.64 bits per heavy atom. The molecule has 1 heterocycles. The van der Waals surface area contributed by atoms with E-state index in [2.05, 4.69) is 53.7 Å². The van der Waals surface area contributed by atoms with Crippen LogP contribution in [0.1, 0.15) is 27.0 Å². The van der Waals surface area contributed by atoms with Crippen molar-refractivity contribution < 1.29 is 14.3 Å².